The zero-order valence-corrected chi connectivity index (χ0v) is 13.1. The number of hydrogen-bond donors (Lipinski definition) is 1. The van der Waals surface area contributed by atoms with E-state index in [1.807, 2.05) is 23.7 Å². The molecule has 5 heteroatoms. The van der Waals surface area contributed by atoms with Crippen LogP contribution in [0.1, 0.15) is 18.4 Å². The molecule has 1 aromatic carbocycles. The van der Waals surface area contributed by atoms with Crippen molar-refractivity contribution in [2.75, 3.05) is 12.3 Å². The van der Waals surface area contributed by atoms with Gasteiger partial charge in [-0.3, -0.25) is 0 Å². The van der Waals surface area contributed by atoms with Crippen molar-refractivity contribution in [1.82, 2.24) is 10.3 Å². The van der Waals surface area contributed by atoms with Crippen LogP contribution >= 0.6 is 23.1 Å². The molecule has 0 radical (unpaired) electrons. The number of halogens is 1. The molecule has 0 amide bonds. The van der Waals surface area contributed by atoms with Crippen LogP contribution < -0.4 is 5.32 Å². The van der Waals surface area contributed by atoms with Gasteiger partial charge in [-0.1, -0.05) is 19.1 Å². The van der Waals surface area contributed by atoms with Crippen molar-refractivity contribution in [1.29, 1.82) is 0 Å². The first-order chi connectivity index (χ1) is 9.79. The van der Waals surface area contributed by atoms with E-state index in [1.165, 1.54) is 6.07 Å². The van der Waals surface area contributed by atoms with E-state index in [-0.39, 0.29) is 5.82 Å². The molecule has 2 rings (SSSR count). The second-order valence-electron chi connectivity index (χ2n) is 4.52. The summed E-state index contributed by atoms with van der Waals surface area (Å²) in [7, 11) is 0. The highest BCUT2D eigenvalue weighted by Crippen LogP contribution is 2.23. The predicted molar refractivity (Wildman–Crippen MR) is 85.0 cm³/mol. The minimum Gasteiger partial charge on any atom is -0.313 e. The molecular formula is C15H19FN2S2. The number of rotatable bonds is 8. The van der Waals surface area contributed by atoms with Gasteiger partial charge in [0.15, 0.2) is 0 Å². The molecule has 1 atom stereocenters. The Hall–Kier alpha value is -0.910. The number of hydrogen-bond acceptors (Lipinski definition) is 4. The van der Waals surface area contributed by atoms with Gasteiger partial charge in [-0.2, -0.15) is 0 Å². The Balaban J connectivity index is 1.91. The van der Waals surface area contributed by atoms with Crippen LogP contribution in [0, 0.1) is 5.82 Å². The molecule has 0 aliphatic rings. The highest BCUT2D eigenvalue weighted by molar-refractivity contribution is 7.99. The molecule has 2 nitrogen and oxygen atoms in total. The van der Waals surface area contributed by atoms with Crippen LogP contribution in [-0.4, -0.2) is 23.3 Å². The summed E-state index contributed by atoms with van der Waals surface area (Å²) < 4.78 is 13.6. The summed E-state index contributed by atoms with van der Waals surface area (Å²) in [4.78, 5) is 5.05. The van der Waals surface area contributed by atoms with E-state index in [0.717, 1.165) is 35.0 Å². The third kappa shape index (κ3) is 4.89. The SMILES string of the molecule is CCCNC(CSc1ccccc1F)Cc1nccs1. The summed E-state index contributed by atoms with van der Waals surface area (Å²) in [5.41, 5.74) is 0. The number of aromatic nitrogens is 1. The van der Waals surface area contributed by atoms with Gasteiger partial charge in [0, 0.05) is 34.7 Å². The molecule has 0 aliphatic heterocycles. The van der Waals surface area contributed by atoms with Gasteiger partial charge in [0.1, 0.15) is 5.82 Å². The van der Waals surface area contributed by atoms with Gasteiger partial charge in [-0.25, -0.2) is 9.37 Å². The van der Waals surface area contributed by atoms with Crippen LogP contribution in [0.3, 0.4) is 0 Å². The van der Waals surface area contributed by atoms with Gasteiger partial charge in [0.2, 0.25) is 0 Å². The fourth-order valence-electron chi connectivity index (χ4n) is 1.86. The quantitative estimate of drug-likeness (QED) is 0.746. The van der Waals surface area contributed by atoms with Crippen molar-refractivity contribution < 1.29 is 4.39 Å². The topological polar surface area (TPSA) is 24.9 Å². The molecule has 0 spiro atoms. The van der Waals surface area contributed by atoms with E-state index in [9.17, 15) is 4.39 Å². The van der Waals surface area contributed by atoms with E-state index in [4.69, 9.17) is 0 Å². The summed E-state index contributed by atoms with van der Waals surface area (Å²) in [6.45, 7) is 3.13. The Morgan fingerprint density at radius 2 is 2.25 bits per heavy atom. The molecule has 0 fully saturated rings. The van der Waals surface area contributed by atoms with Crippen LogP contribution in [0.15, 0.2) is 40.7 Å². The summed E-state index contributed by atoms with van der Waals surface area (Å²) in [6, 6.07) is 7.27. The van der Waals surface area contributed by atoms with Gasteiger partial charge >= 0.3 is 0 Å². The summed E-state index contributed by atoms with van der Waals surface area (Å²) in [5, 5.41) is 6.65. The predicted octanol–water partition coefficient (Wildman–Crippen LogP) is 3.99. The van der Waals surface area contributed by atoms with Crippen LogP contribution in [0.4, 0.5) is 4.39 Å². The molecule has 2 aromatic rings. The zero-order chi connectivity index (χ0) is 14.2. The van der Waals surface area contributed by atoms with Crippen LogP contribution in [0.2, 0.25) is 0 Å². The standard InChI is InChI=1S/C15H19FN2S2/c1-2-7-17-12(10-15-18-8-9-19-15)11-20-14-6-4-3-5-13(14)16/h3-6,8-9,12,17H,2,7,10-11H2,1H3. The van der Waals surface area contributed by atoms with Crippen molar-refractivity contribution in [3.8, 4) is 0 Å². The first-order valence-corrected chi connectivity index (χ1v) is 8.65. The third-order valence-corrected chi connectivity index (χ3v) is 4.88. The van der Waals surface area contributed by atoms with Crippen LogP contribution in [-0.2, 0) is 6.42 Å². The molecule has 0 saturated heterocycles. The maximum Gasteiger partial charge on any atom is 0.136 e. The van der Waals surface area contributed by atoms with Gasteiger partial charge in [0.25, 0.3) is 0 Å². The molecule has 1 aromatic heterocycles. The third-order valence-electron chi connectivity index (χ3n) is 2.86. The van der Waals surface area contributed by atoms with E-state index in [1.54, 1.807) is 29.2 Å². The molecule has 0 saturated carbocycles. The lowest BCUT2D eigenvalue weighted by Gasteiger charge is -2.17. The number of nitrogens with one attached hydrogen (secondary N) is 1. The fourth-order valence-corrected chi connectivity index (χ4v) is 3.55. The lowest BCUT2D eigenvalue weighted by atomic mass is 10.2. The number of benzene rings is 1. The number of thioether (sulfide) groups is 1. The maximum atomic E-state index is 13.6. The molecule has 1 heterocycles. The molecule has 1 unspecified atom stereocenters. The van der Waals surface area contributed by atoms with E-state index < -0.39 is 0 Å². The molecule has 0 aliphatic carbocycles. The highest BCUT2D eigenvalue weighted by Gasteiger charge is 2.12. The van der Waals surface area contributed by atoms with E-state index in [2.05, 4.69) is 17.2 Å². The maximum absolute atomic E-state index is 13.6. The van der Waals surface area contributed by atoms with Gasteiger partial charge in [-0.15, -0.1) is 23.1 Å². The molecule has 1 N–H and O–H groups in total. The summed E-state index contributed by atoms with van der Waals surface area (Å²) in [6.07, 6.45) is 3.83. The smallest absolute Gasteiger partial charge is 0.136 e. The van der Waals surface area contributed by atoms with Gasteiger partial charge < -0.3 is 5.32 Å². The van der Waals surface area contributed by atoms with Crippen LogP contribution in [0.5, 0.6) is 0 Å². The molecule has 20 heavy (non-hydrogen) atoms. The minimum atomic E-state index is -0.138. The van der Waals surface area contributed by atoms with Crippen molar-refractivity contribution >= 4 is 23.1 Å². The Bertz CT molecular complexity index is 502. The second kappa shape index (κ2) is 8.39. The Labute approximate surface area is 127 Å². The monoisotopic (exact) mass is 310 g/mol. The van der Waals surface area contributed by atoms with Crippen molar-refractivity contribution in [3.63, 3.8) is 0 Å². The lowest BCUT2D eigenvalue weighted by Crippen LogP contribution is -2.34. The fraction of sp³-hybridized carbons (Fsp3) is 0.400. The zero-order valence-electron chi connectivity index (χ0n) is 11.5. The Morgan fingerprint density at radius 3 is 2.95 bits per heavy atom. The Kier molecular flexibility index (Phi) is 6.50. The number of nitrogens with zero attached hydrogens (tertiary/aromatic N) is 1. The largest absolute Gasteiger partial charge is 0.313 e. The van der Waals surface area contributed by atoms with E-state index in [0.29, 0.717) is 6.04 Å². The van der Waals surface area contributed by atoms with E-state index >= 15 is 0 Å². The first-order valence-electron chi connectivity index (χ1n) is 6.78. The summed E-state index contributed by atoms with van der Waals surface area (Å²) >= 11 is 3.24. The second-order valence-corrected chi connectivity index (χ2v) is 6.56. The van der Waals surface area contributed by atoms with Crippen molar-refractivity contribution in [2.45, 2.75) is 30.7 Å². The van der Waals surface area contributed by atoms with Crippen LogP contribution in [0.25, 0.3) is 0 Å². The van der Waals surface area contributed by atoms with Crippen molar-refractivity contribution in [2.24, 2.45) is 0 Å². The van der Waals surface area contributed by atoms with Crippen molar-refractivity contribution in [3.05, 3.63) is 46.7 Å². The highest BCUT2D eigenvalue weighted by atomic mass is 32.2. The Morgan fingerprint density at radius 1 is 1.40 bits per heavy atom. The lowest BCUT2D eigenvalue weighted by molar-refractivity contribution is 0.548. The molecular weight excluding hydrogens is 291 g/mol. The molecule has 108 valence electrons. The van der Waals surface area contributed by atoms with Gasteiger partial charge in [0.05, 0.1) is 5.01 Å². The first kappa shape index (κ1) is 15.5. The molecule has 0 bridgehead atoms. The average Bonchev–Trinajstić information content (AvgIpc) is 2.96. The van der Waals surface area contributed by atoms with Gasteiger partial charge in [-0.05, 0) is 25.1 Å². The number of thiazole rings is 1. The summed E-state index contributed by atoms with van der Waals surface area (Å²) in [5.74, 6) is 0.710. The average molecular weight is 310 g/mol. The normalized spacial score (nSPS) is 12.5. The minimum absolute atomic E-state index is 0.138.